The number of morpholine rings is 1. The second-order valence-electron chi connectivity index (χ2n) is 8.14. The van der Waals surface area contributed by atoms with Crippen molar-refractivity contribution in [3.63, 3.8) is 0 Å². The van der Waals surface area contributed by atoms with Gasteiger partial charge in [-0.25, -0.2) is 0 Å². The molecule has 0 saturated carbocycles. The number of hydrogen-bond acceptors (Lipinski definition) is 7. The third kappa shape index (κ3) is 5.10. The van der Waals surface area contributed by atoms with E-state index >= 15 is 0 Å². The number of benzene rings is 1. The number of amides is 2. The van der Waals surface area contributed by atoms with Gasteiger partial charge in [0.15, 0.2) is 6.10 Å². The molecule has 2 aliphatic heterocycles. The van der Waals surface area contributed by atoms with Crippen LogP contribution in [0.4, 0.5) is 5.69 Å². The molecular formula is C22H29ClN2O7. The van der Waals surface area contributed by atoms with Crippen molar-refractivity contribution in [3.8, 4) is 11.5 Å². The zero-order valence-corrected chi connectivity index (χ0v) is 19.7. The van der Waals surface area contributed by atoms with Crippen molar-refractivity contribution in [1.29, 1.82) is 0 Å². The largest absolute Gasteiger partial charge is 0.495 e. The summed E-state index contributed by atoms with van der Waals surface area (Å²) in [5, 5.41) is 0.315. The maximum absolute atomic E-state index is 12.7. The third-order valence-corrected chi connectivity index (χ3v) is 5.87. The zero-order valence-electron chi connectivity index (χ0n) is 18.9. The summed E-state index contributed by atoms with van der Waals surface area (Å²) in [5.41, 5.74) is 0.444. The number of esters is 1. The van der Waals surface area contributed by atoms with Crippen LogP contribution in [0.1, 0.15) is 27.2 Å². The van der Waals surface area contributed by atoms with Crippen LogP contribution in [-0.4, -0.2) is 74.8 Å². The molecule has 32 heavy (non-hydrogen) atoms. The lowest BCUT2D eigenvalue weighted by atomic mass is 10.1. The van der Waals surface area contributed by atoms with Crippen molar-refractivity contribution in [2.45, 2.75) is 45.5 Å². The summed E-state index contributed by atoms with van der Waals surface area (Å²) >= 11 is 6.22. The van der Waals surface area contributed by atoms with Gasteiger partial charge in [-0.2, -0.15) is 0 Å². The molecule has 0 bridgehead atoms. The van der Waals surface area contributed by atoms with Gasteiger partial charge in [0.05, 0.1) is 43.1 Å². The highest BCUT2D eigenvalue weighted by Crippen LogP contribution is 2.40. The van der Waals surface area contributed by atoms with Gasteiger partial charge in [-0.15, -0.1) is 0 Å². The first-order valence-corrected chi connectivity index (χ1v) is 10.9. The van der Waals surface area contributed by atoms with E-state index < -0.39 is 18.0 Å². The summed E-state index contributed by atoms with van der Waals surface area (Å²) in [5.74, 6) is -1.02. The summed E-state index contributed by atoms with van der Waals surface area (Å²) in [4.78, 5) is 41.2. The second kappa shape index (κ2) is 9.95. The monoisotopic (exact) mass is 468 g/mol. The molecule has 1 aromatic rings. The molecule has 3 rings (SSSR count). The predicted octanol–water partition coefficient (Wildman–Crippen LogP) is 2.28. The van der Waals surface area contributed by atoms with Crippen molar-refractivity contribution in [1.82, 2.24) is 4.90 Å². The van der Waals surface area contributed by atoms with Gasteiger partial charge in [0.1, 0.15) is 11.5 Å². The Morgan fingerprint density at radius 1 is 1.09 bits per heavy atom. The summed E-state index contributed by atoms with van der Waals surface area (Å²) < 4.78 is 21.6. The van der Waals surface area contributed by atoms with Gasteiger partial charge in [0.2, 0.25) is 5.91 Å². The molecule has 2 aliphatic rings. The van der Waals surface area contributed by atoms with Crippen LogP contribution in [-0.2, 0) is 23.9 Å². The number of halogens is 1. The molecule has 1 aromatic carbocycles. The lowest BCUT2D eigenvalue weighted by Crippen LogP contribution is -2.51. The van der Waals surface area contributed by atoms with Crippen LogP contribution in [0.2, 0.25) is 5.02 Å². The van der Waals surface area contributed by atoms with Crippen molar-refractivity contribution in [2.75, 3.05) is 38.8 Å². The van der Waals surface area contributed by atoms with Crippen LogP contribution in [0.15, 0.2) is 12.1 Å². The number of ether oxygens (including phenoxy) is 4. The lowest BCUT2D eigenvalue weighted by molar-refractivity contribution is -0.166. The number of carbonyl (C=O) groups excluding carboxylic acids is 3. The SMILES string of the molecule is COc1cc(OC)c(N2C[C@H](C(=O)O[C@H](C)C(=O)N3C[C@@H](C)O[C@H](C)C3)CC2=O)cc1Cl. The molecule has 10 heteroatoms. The Labute approximate surface area is 192 Å². The highest BCUT2D eigenvalue weighted by Gasteiger charge is 2.39. The first kappa shape index (κ1) is 24.1. The minimum atomic E-state index is -0.950. The Balaban J connectivity index is 1.66. The molecule has 0 unspecified atom stereocenters. The second-order valence-corrected chi connectivity index (χ2v) is 8.55. The topological polar surface area (TPSA) is 94.6 Å². The zero-order chi connectivity index (χ0) is 23.6. The Bertz CT molecular complexity index is 883. The molecule has 2 fully saturated rings. The van der Waals surface area contributed by atoms with Crippen LogP contribution in [0, 0.1) is 5.92 Å². The van der Waals surface area contributed by atoms with E-state index in [0.717, 1.165) is 0 Å². The van der Waals surface area contributed by atoms with E-state index in [2.05, 4.69) is 0 Å². The Morgan fingerprint density at radius 3 is 2.31 bits per heavy atom. The van der Waals surface area contributed by atoms with Crippen LogP contribution in [0.25, 0.3) is 0 Å². The fourth-order valence-corrected chi connectivity index (χ4v) is 4.32. The van der Waals surface area contributed by atoms with Crippen molar-refractivity contribution in [3.05, 3.63) is 17.2 Å². The van der Waals surface area contributed by atoms with Gasteiger partial charge in [0.25, 0.3) is 5.91 Å². The van der Waals surface area contributed by atoms with Crippen molar-refractivity contribution < 1.29 is 33.3 Å². The summed E-state index contributed by atoms with van der Waals surface area (Å²) in [7, 11) is 2.95. The molecule has 0 radical (unpaired) electrons. The molecule has 9 nitrogen and oxygen atoms in total. The highest BCUT2D eigenvalue weighted by atomic mass is 35.5. The fourth-order valence-electron chi connectivity index (χ4n) is 4.09. The predicted molar refractivity (Wildman–Crippen MR) is 117 cm³/mol. The summed E-state index contributed by atoms with van der Waals surface area (Å²) in [6.45, 7) is 6.32. The van der Waals surface area contributed by atoms with Crippen LogP contribution >= 0.6 is 11.6 Å². The van der Waals surface area contributed by atoms with E-state index in [1.807, 2.05) is 13.8 Å². The van der Waals surface area contributed by atoms with Crippen molar-refractivity contribution in [2.24, 2.45) is 5.92 Å². The van der Waals surface area contributed by atoms with Gasteiger partial charge in [0, 0.05) is 32.1 Å². The molecule has 0 aromatic heterocycles. The van der Waals surface area contributed by atoms with Crippen LogP contribution in [0.5, 0.6) is 11.5 Å². The van der Waals surface area contributed by atoms with E-state index in [0.29, 0.717) is 35.3 Å². The van der Waals surface area contributed by atoms with Gasteiger partial charge in [-0.3, -0.25) is 14.4 Å². The number of anilines is 1. The molecule has 176 valence electrons. The number of nitrogens with zero attached hydrogens (tertiary/aromatic N) is 2. The van der Waals surface area contributed by atoms with E-state index in [-0.39, 0.29) is 37.0 Å². The van der Waals surface area contributed by atoms with E-state index in [1.54, 1.807) is 24.0 Å². The smallest absolute Gasteiger partial charge is 0.312 e. The Kier molecular flexibility index (Phi) is 7.51. The number of rotatable bonds is 6. The molecule has 2 heterocycles. The standard InChI is InChI=1S/C22H29ClN2O7/c1-12-9-24(10-13(2)31-12)21(27)14(3)32-22(28)15-6-20(26)25(11-15)17-7-16(23)18(29-4)8-19(17)30-5/h7-8,12-15H,6,9-11H2,1-5H3/t12-,13-,14-,15-/m1/s1. The average molecular weight is 469 g/mol. The van der Waals surface area contributed by atoms with Crippen LogP contribution < -0.4 is 14.4 Å². The molecular weight excluding hydrogens is 440 g/mol. The van der Waals surface area contributed by atoms with Gasteiger partial charge >= 0.3 is 5.97 Å². The van der Waals surface area contributed by atoms with E-state index in [4.69, 9.17) is 30.5 Å². The average Bonchev–Trinajstić information content (AvgIpc) is 3.13. The Hall–Kier alpha value is -2.52. The minimum Gasteiger partial charge on any atom is -0.495 e. The molecule has 0 aliphatic carbocycles. The van der Waals surface area contributed by atoms with Gasteiger partial charge in [-0.1, -0.05) is 11.6 Å². The quantitative estimate of drug-likeness (QED) is 0.591. The van der Waals surface area contributed by atoms with Gasteiger partial charge < -0.3 is 28.7 Å². The molecule has 0 spiro atoms. The maximum Gasteiger partial charge on any atom is 0.312 e. The lowest BCUT2D eigenvalue weighted by Gasteiger charge is -2.36. The molecule has 2 saturated heterocycles. The first-order chi connectivity index (χ1) is 15.1. The van der Waals surface area contributed by atoms with E-state index in [9.17, 15) is 14.4 Å². The first-order valence-electron chi connectivity index (χ1n) is 10.5. The highest BCUT2D eigenvalue weighted by molar-refractivity contribution is 6.32. The van der Waals surface area contributed by atoms with Crippen LogP contribution in [0.3, 0.4) is 0 Å². The maximum atomic E-state index is 12.7. The Morgan fingerprint density at radius 2 is 1.72 bits per heavy atom. The normalized spacial score (nSPS) is 24.3. The van der Waals surface area contributed by atoms with Crippen molar-refractivity contribution >= 4 is 35.1 Å². The third-order valence-electron chi connectivity index (χ3n) is 5.57. The number of hydrogen-bond donors (Lipinski definition) is 0. The summed E-state index contributed by atoms with van der Waals surface area (Å²) in [6, 6.07) is 3.15. The number of carbonyl (C=O) groups is 3. The fraction of sp³-hybridized carbons (Fsp3) is 0.591. The van der Waals surface area contributed by atoms with E-state index in [1.165, 1.54) is 19.1 Å². The summed E-state index contributed by atoms with van der Waals surface area (Å²) in [6.07, 6.45) is -1.15. The van der Waals surface area contributed by atoms with Gasteiger partial charge in [-0.05, 0) is 26.8 Å². The molecule has 0 N–H and O–H groups in total. The molecule has 2 amide bonds. The molecule has 4 atom stereocenters. The number of methoxy groups -OCH3 is 2. The minimum absolute atomic E-state index is 0.0296.